The fourth-order valence-corrected chi connectivity index (χ4v) is 2.16. The van der Waals surface area contributed by atoms with Gasteiger partial charge in [-0.1, -0.05) is 50.7 Å². The summed E-state index contributed by atoms with van der Waals surface area (Å²) >= 11 is 0. The first kappa shape index (κ1) is 21.2. The minimum atomic E-state index is -1.45. The number of rotatable bonds is 13. The van der Waals surface area contributed by atoms with Gasteiger partial charge in [0.2, 0.25) is 0 Å². The highest BCUT2D eigenvalue weighted by molar-refractivity contribution is 5.71. The molecule has 0 aromatic heterocycles. The van der Waals surface area contributed by atoms with E-state index in [0.29, 0.717) is 6.42 Å². The number of aliphatic carboxylic acids is 1. The van der Waals surface area contributed by atoms with Gasteiger partial charge in [0.1, 0.15) is 0 Å². The maximum Gasteiger partial charge on any atom is 0.379 e. The zero-order chi connectivity index (χ0) is 17.3. The van der Waals surface area contributed by atoms with Crippen LogP contribution in [0.25, 0.3) is 0 Å². The molecule has 0 spiro atoms. The first-order valence-corrected chi connectivity index (χ1v) is 8.56. The van der Waals surface area contributed by atoms with Gasteiger partial charge in [0, 0.05) is 24.2 Å². The van der Waals surface area contributed by atoms with Gasteiger partial charge in [-0.2, -0.15) is 0 Å². The predicted octanol–water partition coefficient (Wildman–Crippen LogP) is 4.59. The third-order valence-corrected chi connectivity index (χ3v) is 3.55. The molecule has 1 N–H and O–H groups in total. The van der Waals surface area contributed by atoms with Crippen molar-refractivity contribution in [3.8, 4) is 11.8 Å². The standard InChI is InChI=1S/C18H29NO4/c1-2-3-4-5-6-7-8-9-10-11-12-13-14-15-16-17(18(20)21)19(22)23/h9-10,17H,2-5,8,11-16H2,1H3,(H,20,21)/b10-9+. The zero-order valence-electron chi connectivity index (χ0n) is 14.1. The normalized spacial score (nSPS) is 11.9. The van der Waals surface area contributed by atoms with Crippen molar-refractivity contribution in [3.05, 3.63) is 22.3 Å². The molecule has 0 rings (SSSR count). The van der Waals surface area contributed by atoms with E-state index in [-0.39, 0.29) is 6.42 Å². The Balaban J connectivity index is 3.50. The molecule has 0 bridgehead atoms. The minimum absolute atomic E-state index is 0.117. The van der Waals surface area contributed by atoms with Crippen molar-refractivity contribution >= 4 is 5.97 Å². The fourth-order valence-electron chi connectivity index (χ4n) is 2.16. The van der Waals surface area contributed by atoms with Crippen LogP contribution in [0.15, 0.2) is 12.2 Å². The van der Waals surface area contributed by atoms with E-state index in [2.05, 4.69) is 30.9 Å². The van der Waals surface area contributed by atoms with E-state index in [1.807, 2.05) is 0 Å². The molecule has 0 aliphatic carbocycles. The molecular weight excluding hydrogens is 294 g/mol. The van der Waals surface area contributed by atoms with Crippen LogP contribution in [0, 0.1) is 22.0 Å². The van der Waals surface area contributed by atoms with Crippen molar-refractivity contribution in [3.63, 3.8) is 0 Å². The number of carboxylic acids is 1. The molecule has 0 saturated carbocycles. The van der Waals surface area contributed by atoms with Crippen LogP contribution in [0.2, 0.25) is 0 Å². The molecule has 0 radical (unpaired) electrons. The Labute approximate surface area is 139 Å². The second-order valence-corrected chi connectivity index (χ2v) is 5.62. The maximum absolute atomic E-state index is 10.6. The number of carbonyl (C=O) groups is 1. The maximum atomic E-state index is 10.6. The van der Waals surface area contributed by atoms with Gasteiger partial charge in [-0.05, 0) is 25.7 Å². The highest BCUT2D eigenvalue weighted by Crippen LogP contribution is 2.10. The summed E-state index contributed by atoms with van der Waals surface area (Å²) in [4.78, 5) is 20.4. The van der Waals surface area contributed by atoms with Crippen LogP contribution in [-0.4, -0.2) is 22.0 Å². The van der Waals surface area contributed by atoms with E-state index in [0.717, 1.165) is 38.5 Å². The average Bonchev–Trinajstić information content (AvgIpc) is 2.50. The summed E-state index contributed by atoms with van der Waals surface area (Å²) in [6.07, 6.45) is 14.2. The molecular formula is C18H29NO4. The molecule has 0 aromatic carbocycles. The van der Waals surface area contributed by atoms with Gasteiger partial charge < -0.3 is 5.11 Å². The van der Waals surface area contributed by atoms with Gasteiger partial charge in [-0.3, -0.25) is 10.1 Å². The van der Waals surface area contributed by atoms with Crippen LogP contribution in [0.3, 0.4) is 0 Å². The van der Waals surface area contributed by atoms with E-state index in [9.17, 15) is 14.9 Å². The molecule has 1 atom stereocenters. The summed E-state index contributed by atoms with van der Waals surface area (Å²) in [5.74, 6) is 4.96. The second-order valence-electron chi connectivity index (χ2n) is 5.62. The second kappa shape index (κ2) is 15.1. The van der Waals surface area contributed by atoms with Crippen molar-refractivity contribution in [2.75, 3.05) is 0 Å². The molecule has 5 heteroatoms. The van der Waals surface area contributed by atoms with Crippen LogP contribution in [0.4, 0.5) is 0 Å². The zero-order valence-corrected chi connectivity index (χ0v) is 14.1. The Morgan fingerprint density at radius 1 is 1.13 bits per heavy atom. The smallest absolute Gasteiger partial charge is 0.379 e. The summed E-state index contributed by atoms with van der Waals surface area (Å²) < 4.78 is 0. The average molecular weight is 323 g/mol. The highest BCUT2D eigenvalue weighted by atomic mass is 16.6. The monoisotopic (exact) mass is 323 g/mol. The summed E-state index contributed by atoms with van der Waals surface area (Å²) in [7, 11) is 0. The lowest BCUT2D eigenvalue weighted by atomic mass is 10.1. The van der Waals surface area contributed by atoms with Crippen LogP contribution < -0.4 is 0 Å². The van der Waals surface area contributed by atoms with Crippen LogP contribution in [-0.2, 0) is 4.79 Å². The summed E-state index contributed by atoms with van der Waals surface area (Å²) in [5.41, 5.74) is 0. The Bertz CT molecular complexity index is 406. The molecule has 0 saturated heterocycles. The molecule has 0 aliphatic rings. The molecule has 0 aromatic rings. The first-order valence-electron chi connectivity index (χ1n) is 8.56. The van der Waals surface area contributed by atoms with Gasteiger partial charge in [0.15, 0.2) is 0 Å². The lowest BCUT2D eigenvalue weighted by molar-refractivity contribution is -0.511. The molecule has 23 heavy (non-hydrogen) atoms. The predicted molar refractivity (Wildman–Crippen MR) is 91.8 cm³/mol. The van der Waals surface area contributed by atoms with E-state index >= 15 is 0 Å². The van der Waals surface area contributed by atoms with Gasteiger partial charge >= 0.3 is 12.0 Å². The van der Waals surface area contributed by atoms with Crippen molar-refractivity contribution in [2.24, 2.45) is 0 Å². The lowest BCUT2D eigenvalue weighted by Crippen LogP contribution is -2.28. The quantitative estimate of drug-likeness (QED) is 0.177. The van der Waals surface area contributed by atoms with E-state index < -0.39 is 16.9 Å². The van der Waals surface area contributed by atoms with E-state index in [1.165, 1.54) is 19.3 Å². The van der Waals surface area contributed by atoms with Crippen LogP contribution in [0.5, 0.6) is 0 Å². The SMILES string of the molecule is CCCCCC#CC/C=C/CCCCCCC(C(=O)O)[N+](=O)[O-]. The van der Waals surface area contributed by atoms with Crippen molar-refractivity contribution in [1.82, 2.24) is 0 Å². The molecule has 1 unspecified atom stereocenters. The number of allylic oxidation sites excluding steroid dienone is 2. The van der Waals surface area contributed by atoms with Crippen LogP contribution >= 0.6 is 0 Å². The summed E-state index contributed by atoms with van der Waals surface area (Å²) in [5, 5.41) is 19.2. The number of nitro groups is 1. The molecule has 0 aliphatic heterocycles. The third-order valence-electron chi connectivity index (χ3n) is 3.55. The number of carboxylic acid groups (broad SMARTS) is 1. The Morgan fingerprint density at radius 3 is 2.52 bits per heavy atom. The lowest BCUT2D eigenvalue weighted by Gasteiger charge is -2.04. The fraction of sp³-hybridized carbons (Fsp3) is 0.722. The van der Waals surface area contributed by atoms with Gasteiger partial charge in [0.05, 0.1) is 0 Å². The highest BCUT2D eigenvalue weighted by Gasteiger charge is 2.27. The Kier molecular flexibility index (Phi) is 13.9. The van der Waals surface area contributed by atoms with Gasteiger partial charge in [0.25, 0.3) is 0 Å². The van der Waals surface area contributed by atoms with Gasteiger partial charge in [-0.25, -0.2) is 4.79 Å². The third kappa shape index (κ3) is 13.5. The van der Waals surface area contributed by atoms with Crippen LogP contribution in [0.1, 0.15) is 77.6 Å². The molecule has 0 heterocycles. The van der Waals surface area contributed by atoms with Crippen molar-refractivity contribution in [2.45, 2.75) is 83.6 Å². The van der Waals surface area contributed by atoms with E-state index in [1.54, 1.807) is 0 Å². The first-order chi connectivity index (χ1) is 11.1. The number of unbranched alkanes of at least 4 members (excludes halogenated alkanes) is 7. The molecule has 130 valence electrons. The Hall–Kier alpha value is -1.83. The summed E-state index contributed by atoms with van der Waals surface area (Å²) in [6, 6.07) is -1.45. The Morgan fingerprint density at radius 2 is 1.87 bits per heavy atom. The van der Waals surface area contributed by atoms with Gasteiger partial charge in [-0.15, -0.1) is 5.92 Å². The largest absolute Gasteiger partial charge is 0.476 e. The van der Waals surface area contributed by atoms with Crippen molar-refractivity contribution in [1.29, 1.82) is 0 Å². The van der Waals surface area contributed by atoms with E-state index in [4.69, 9.17) is 5.11 Å². The number of nitrogens with zero attached hydrogens (tertiary/aromatic N) is 1. The molecule has 0 fully saturated rings. The topological polar surface area (TPSA) is 80.4 Å². The minimum Gasteiger partial charge on any atom is -0.476 e. The molecule has 5 nitrogen and oxygen atoms in total. The number of hydrogen-bond acceptors (Lipinski definition) is 3. The summed E-state index contributed by atoms with van der Waals surface area (Å²) in [6.45, 7) is 2.18. The number of hydrogen-bond donors (Lipinski definition) is 1. The molecule has 0 amide bonds. The van der Waals surface area contributed by atoms with Crippen molar-refractivity contribution < 1.29 is 14.8 Å².